The topological polar surface area (TPSA) is 64.6 Å². The Morgan fingerprint density at radius 3 is 2.90 bits per heavy atom. The summed E-state index contributed by atoms with van der Waals surface area (Å²) in [5, 5.41) is 2.71. The first-order valence-corrected chi connectivity index (χ1v) is 7.17. The fourth-order valence-corrected chi connectivity index (χ4v) is 2.20. The summed E-state index contributed by atoms with van der Waals surface area (Å²) in [5.74, 6) is 0.763. The van der Waals surface area contributed by atoms with Gasteiger partial charge in [0.1, 0.15) is 5.75 Å². The predicted molar refractivity (Wildman–Crippen MR) is 80.3 cm³/mol. The second kappa shape index (κ2) is 9.80. The minimum atomic E-state index is -0.176. The Hall–Kier alpha value is -2.04. The Morgan fingerprint density at radius 1 is 1.43 bits per heavy atom. The highest BCUT2D eigenvalue weighted by molar-refractivity contribution is 5.69. The zero-order chi connectivity index (χ0) is 15.5. The van der Waals surface area contributed by atoms with Gasteiger partial charge in [-0.3, -0.25) is 9.59 Å². The lowest BCUT2D eigenvalue weighted by Crippen LogP contribution is -2.20. The van der Waals surface area contributed by atoms with E-state index in [1.807, 2.05) is 24.3 Å². The molecule has 116 valence electrons. The first kappa shape index (κ1) is 17.0. The van der Waals surface area contributed by atoms with Gasteiger partial charge < -0.3 is 14.8 Å². The van der Waals surface area contributed by atoms with Crippen LogP contribution in [0.4, 0.5) is 0 Å². The zero-order valence-electron chi connectivity index (χ0n) is 12.6. The van der Waals surface area contributed by atoms with Crippen LogP contribution in [0.1, 0.15) is 37.7 Å². The van der Waals surface area contributed by atoms with Crippen LogP contribution in [-0.2, 0) is 14.3 Å². The van der Waals surface area contributed by atoms with Crippen LogP contribution in [0, 0.1) is 0 Å². The smallest absolute Gasteiger partial charge is 0.305 e. The standard InChI is InChI=1S/C16H23NO4/c1-3-21-16(19)9-5-7-14(11-17-12-18)13-6-4-8-15(10-13)20-2/h4,6,8,10,12,14H,3,5,7,9,11H2,1-2H3,(H,17,18). The van der Waals surface area contributed by atoms with Crippen molar-refractivity contribution in [3.05, 3.63) is 29.8 Å². The van der Waals surface area contributed by atoms with E-state index in [-0.39, 0.29) is 11.9 Å². The molecule has 21 heavy (non-hydrogen) atoms. The van der Waals surface area contributed by atoms with Crippen LogP contribution in [0.5, 0.6) is 5.75 Å². The molecule has 0 saturated heterocycles. The molecule has 1 aromatic carbocycles. The summed E-state index contributed by atoms with van der Waals surface area (Å²) in [6, 6.07) is 7.77. The van der Waals surface area contributed by atoms with Gasteiger partial charge in [0.05, 0.1) is 13.7 Å². The van der Waals surface area contributed by atoms with E-state index in [9.17, 15) is 9.59 Å². The summed E-state index contributed by atoms with van der Waals surface area (Å²) in [6.07, 6.45) is 2.61. The second-order valence-corrected chi connectivity index (χ2v) is 4.70. The molecular formula is C16H23NO4. The van der Waals surface area contributed by atoms with Crippen molar-refractivity contribution in [3.63, 3.8) is 0 Å². The Balaban J connectivity index is 2.61. The van der Waals surface area contributed by atoms with E-state index in [2.05, 4.69) is 5.32 Å². The van der Waals surface area contributed by atoms with Crippen LogP contribution in [0.3, 0.4) is 0 Å². The number of methoxy groups -OCH3 is 1. The molecule has 5 nitrogen and oxygen atoms in total. The van der Waals surface area contributed by atoms with Gasteiger partial charge in [-0.25, -0.2) is 0 Å². The largest absolute Gasteiger partial charge is 0.497 e. The number of hydrogen-bond acceptors (Lipinski definition) is 4. The van der Waals surface area contributed by atoms with Crippen LogP contribution in [0.25, 0.3) is 0 Å². The zero-order valence-corrected chi connectivity index (χ0v) is 12.6. The van der Waals surface area contributed by atoms with Crippen molar-refractivity contribution < 1.29 is 19.1 Å². The molecule has 1 unspecified atom stereocenters. The van der Waals surface area contributed by atoms with Crippen LogP contribution in [0.2, 0.25) is 0 Å². The summed E-state index contributed by atoms with van der Waals surface area (Å²) in [4.78, 5) is 21.9. The van der Waals surface area contributed by atoms with Crippen LogP contribution < -0.4 is 10.1 Å². The molecule has 0 aliphatic carbocycles. The van der Waals surface area contributed by atoms with E-state index in [1.54, 1.807) is 14.0 Å². The highest BCUT2D eigenvalue weighted by Crippen LogP contribution is 2.25. The van der Waals surface area contributed by atoms with Crippen molar-refractivity contribution in [2.75, 3.05) is 20.3 Å². The molecule has 0 saturated carbocycles. The highest BCUT2D eigenvalue weighted by atomic mass is 16.5. The van der Waals surface area contributed by atoms with E-state index >= 15 is 0 Å². The lowest BCUT2D eigenvalue weighted by Gasteiger charge is -2.17. The molecule has 0 fully saturated rings. The van der Waals surface area contributed by atoms with Gasteiger partial charge in [0, 0.05) is 18.9 Å². The number of rotatable bonds is 10. The monoisotopic (exact) mass is 293 g/mol. The number of benzene rings is 1. The van der Waals surface area contributed by atoms with Gasteiger partial charge in [0.15, 0.2) is 0 Å². The molecule has 1 rings (SSSR count). The molecule has 0 heterocycles. The molecule has 0 radical (unpaired) electrons. The number of nitrogens with one attached hydrogen (secondary N) is 1. The number of esters is 1. The average molecular weight is 293 g/mol. The SMILES string of the molecule is CCOC(=O)CCCC(CNC=O)c1cccc(OC)c1. The van der Waals surface area contributed by atoms with Gasteiger partial charge in [0.2, 0.25) is 6.41 Å². The number of amides is 1. The van der Waals surface area contributed by atoms with Crippen LogP contribution >= 0.6 is 0 Å². The third kappa shape index (κ3) is 6.29. The number of ether oxygens (including phenoxy) is 2. The van der Waals surface area contributed by atoms with Crippen molar-refractivity contribution in [1.82, 2.24) is 5.32 Å². The minimum absolute atomic E-state index is 0.153. The molecule has 0 aliphatic rings. The van der Waals surface area contributed by atoms with Crippen molar-refractivity contribution in [1.29, 1.82) is 0 Å². The average Bonchev–Trinajstić information content (AvgIpc) is 2.51. The molecule has 1 N–H and O–H groups in total. The summed E-state index contributed by atoms with van der Waals surface area (Å²) >= 11 is 0. The van der Waals surface area contributed by atoms with Crippen LogP contribution in [-0.4, -0.2) is 32.6 Å². The Bertz CT molecular complexity index is 448. The van der Waals surface area contributed by atoms with Crippen molar-refractivity contribution >= 4 is 12.4 Å². The first-order valence-electron chi connectivity index (χ1n) is 7.17. The van der Waals surface area contributed by atoms with Gasteiger partial charge >= 0.3 is 5.97 Å². The third-order valence-corrected chi connectivity index (χ3v) is 3.25. The maximum Gasteiger partial charge on any atom is 0.305 e. The molecule has 5 heteroatoms. The van der Waals surface area contributed by atoms with Gasteiger partial charge in [-0.2, -0.15) is 0 Å². The highest BCUT2D eigenvalue weighted by Gasteiger charge is 2.13. The number of hydrogen-bond donors (Lipinski definition) is 1. The molecule has 0 spiro atoms. The van der Waals surface area contributed by atoms with E-state index in [4.69, 9.17) is 9.47 Å². The molecule has 0 aromatic heterocycles. The first-order chi connectivity index (χ1) is 10.2. The van der Waals surface area contributed by atoms with E-state index in [1.165, 1.54) is 0 Å². The fourth-order valence-electron chi connectivity index (χ4n) is 2.20. The van der Waals surface area contributed by atoms with Gasteiger partial charge in [0.25, 0.3) is 0 Å². The van der Waals surface area contributed by atoms with Gasteiger partial charge in [-0.15, -0.1) is 0 Å². The molecule has 0 aliphatic heterocycles. The van der Waals surface area contributed by atoms with Gasteiger partial charge in [-0.05, 0) is 37.5 Å². The van der Waals surface area contributed by atoms with Crippen molar-refractivity contribution in [2.24, 2.45) is 0 Å². The normalized spacial score (nSPS) is 11.5. The van der Waals surface area contributed by atoms with E-state index in [0.29, 0.717) is 26.0 Å². The predicted octanol–water partition coefficient (Wildman–Crippen LogP) is 2.26. The molecular weight excluding hydrogens is 270 g/mol. The number of carbonyl (C=O) groups is 2. The Labute approximate surface area is 125 Å². The second-order valence-electron chi connectivity index (χ2n) is 4.70. The molecule has 1 amide bonds. The lowest BCUT2D eigenvalue weighted by molar-refractivity contribution is -0.143. The molecule has 1 aromatic rings. The van der Waals surface area contributed by atoms with E-state index in [0.717, 1.165) is 24.2 Å². The minimum Gasteiger partial charge on any atom is -0.497 e. The third-order valence-electron chi connectivity index (χ3n) is 3.25. The quantitative estimate of drug-likeness (QED) is 0.531. The Morgan fingerprint density at radius 2 is 2.24 bits per heavy atom. The Kier molecular flexibility index (Phi) is 7.94. The summed E-state index contributed by atoms with van der Waals surface area (Å²) in [6.45, 7) is 2.75. The van der Waals surface area contributed by atoms with Crippen molar-refractivity contribution in [3.8, 4) is 5.75 Å². The summed E-state index contributed by atoms with van der Waals surface area (Å²) in [5.41, 5.74) is 1.09. The van der Waals surface area contributed by atoms with E-state index < -0.39 is 0 Å². The molecule has 0 bridgehead atoms. The van der Waals surface area contributed by atoms with Crippen LogP contribution in [0.15, 0.2) is 24.3 Å². The maximum absolute atomic E-state index is 11.4. The van der Waals surface area contributed by atoms with Gasteiger partial charge in [-0.1, -0.05) is 12.1 Å². The fraction of sp³-hybridized carbons (Fsp3) is 0.500. The van der Waals surface area contributed by atoms with Crippen molar-refractivity contribution in [2.45, 2.75) is 32.1 Å². The summed E-state index contributed by atoms with van der Waals surface area (Å²) in [7, 11) is 1.62. The lowest BCUT2D eigenvalue weighted by atomic mass is 9.93. The molecule has 1 atom stereocenters. The summed E-state index contributed by atoms with van der Waals surface area (Å²) < 4.78 is 10.1. The maximum atomic E-state index is 11.4. The number of carbonyl (C=O) groups excluding carboxylic acids is 2.